The van der Waals surface area contributed by atoms with Crippen molar-refractivity contribution in [2.75, 3.05) is 0 Å². The van der Waals surface area contributed by atoms with E-state index in [0.717, 1.165) is 6.07 Å². The van der Waals surface area contributed by atoms with Gasteiger partial charge in [-0.15, -0.1) is 0 Å². The summed E-state index contributed by atoms with van der Waals surface area (Å²) in [5.74, 6) is -0.756. The van der Waals surface area contributed by atoms with Crippen molar-refractivity contribution in [2.45, 2.75) is 0 Å². The molecule has 0 heterocycles. The first-order chi connectivity index (χ1) is 6.27. The molecule has 0 amide bonds. The molecule has 6 heteroatoms. The van der Waals surface area contributed by atoms with E-state index in [4.69, 9.17) is 10.7 Å². The van der Waals surface area contributed by atoms with E-state index < -0.39 is 5.82 Å². The van der Waals surface area contributed by atoms with Gasteiger partial charge < -0.3 is 5.21 Å². The van der Waals surface area contributed by atoms with E-state index in [-0.39, 0.29) is 11.4 Å². The Labute approximate surface area is 72.7 Å². The number of rotatable bonds is 1. The van der Waals surface area contributed by atoms with Gasteiger partial charge in [0, 0.05) is 10.5 Å². The summed E-state index contributed by atoms with van der Waals surface area (Å²) in [6.07, 6.45) is 0. The Morgan fingerprint density at radius 2 is 2.31 bits per heavy atom. The standard InChI is InChI=1S/C7H5FN4O/c8-6-3-1-2-5(4-6)7(11-13)10-12-9/h1-4,13H/b11-7+. The minimum atomic E-state index is -0.494. The highest BCUT2D eigenvalue weighted by Gasteiger charge is 2.01. The van der Waals surface area contributed by atoms with E-state index >= 15 is 0 Å². The molecule has 1 N–H and O–H groups in total. The van der Waals surface area contributed by atoms with Crippen LogP contribution in [0, 0.1) is 5.82 Å². The Bertz CT molecular complexity index is 384. The van der Waals surface area contributed by atoms with Crippen molar-refractivity contribution in [3.63, 3.8) is 0 Å². The predicted molar refractivity (Wildman–Crippen MR) is 43.9 cm³/mol. The molecule has 0 fully saturated rings. The molecule has 0 radical (unpaired) electrons. The average Bonchev–Trinajstić information content (AvgIpc) is 2.14. The topological polar surface area (TPSA) is 81.4 Å². The summed E-state index contributed by atoms with van der Waals surface area (Å²) in [6.45, 7) is 0. The lowest BCUT2D eigenvalue weighted by Gasteiger charge is -1.96. The highest BCUT2D eigenvalue weighted by Crippen LogP contribution is 2.05. The maximum Gasteiger partial charge on any atom is 0.173 e. The summed E-state index contributed by atoms with van der Waals surface area (Å²) in [7, 11) is 0. The number of hydrogen-bond acceptors (Lipinski definition) is 2. The molecule has 0 aromatic heterocycles. The molecule has 0 atom stereocenters. The first-order valence-electron chi connectivity index (χ1n) is 3.31. The number of halogens is 1. The van der Waals surface area contributed by atoms with E-state index in [9.17, 15) is 4.39 Å². The minimum absolute atomic E-state index is 0.223. The van der Waals surface area contributed by atoms with E-state index in [1.165, 1.54) is 18.2 Å². The van der Waals surface area contributed by atoms with Crippen LogP contribution in [0.4, 0.5) is 4.39 Å². The molecular formula is C7H5FN4O. The third-order valence-electron chi connectivity index (χ3n) is 1.32. The zero-order valence-corrected chi connectivity index (χ0v) is 6.42. The summed E-state index contributed by atoms with van der Waals surface area (Å²) in [5.41, 5.74) is 8.29. The fraction of sp³-hybridized carbons (Fsp3) is 0. The largest absolute Gasteiger partial charge is 0.410 e. The molecule has 0 bridgehead atoms. The van der Waals surface area contributed by atoms with Crippen molar-refractivity contribution in [1.82, 2.24) is 0 Å². The highest BCUT2D eigenvalue weighted by atomic mass is 19.1. The summed E-state index contributed by atoms with van der Waals surface area (Å²) in [6, 6.07) is 5.22. The fourth-order valence-corrected chi connectivity index (χ4v) is 0.805. The quantitative estimate of drug-likeness (QED) is 0.134. The number of hydrogen-bond donors (Lipinski definition) is 1. The molecular weight excluding hydrogens is 175 g/mol. The summed E-state index contributed by atoms with van der Waals surface area (Å²) in [4.78, 5) is 2.42. The van der Waals surface area contributed by atoms with Crippen LogP contribution in [0.5, 0.6) is 0 Å². The number of oxime groups is 1. The number of azide groups is 1. The molecule has 0 aliphatic heterocycles. The van der Waals surface area contributed by atoms with Crippen LogP contribution in [0.25, 0.3) is 10.4 Å². The van der Waals surface area contributed by atoms with Gasteiger partial charge >= 0.3 is 0 Å². The lowest BCUT2D eigenvalue weighted by atomic mass is 10.2. The average molecular weight is 180 g/mol. The van der Waals surface area contributed by atoms with Gasteiger partial charge in [-0.1, -0.05) is 17.3 Å². The Hall–Kier alpha value is -2.07. The third kappa shape index (κ3) is 2.18. The Morgan fingerprint density at radius 1 is 1.54 bits per heavy atom. The first kappa shape index (κ1) is 9.02. The van der Waals surface area contributed by atoms with Gasteiger partial charge in [0.15, 0.2) is 5.84 Å². The SMILES string of the molecule is [N-]=[N+]=N/C(=N/O)c1cccc(F)c1. The van der Waals surface area contributed by atoms with Crippen LogP contribution in [-0.4, -0.2) is 11.0 Å². The van der Waals surface area contributed by atoms with Gasteiger partial charge in [0.1, 0.15) is 5.82 Å². The number of benzene rings is 1. The van der Waals surface area contributed by atoms with Crippen LogP contribution in [0.3, 0.4) is 0 Å². The van der Waals surface area contributed by atoms with Gasteiger partial charge in [-0.25, -0.2) is 4.39 Å². The summed E-state index contributed by atoms with van der Waals surface area (Å²) >= 11 is 0. The Morgan fingerprint density at radius 3 is 2.85 bits per heavy atom. The van der Waals surface area contributed by atoms with E-state index in [0.29, 0.717) is 0 Å². The van der Waals surface area contributed by atoms with Gasteiger partial charge in [0.2, 0.25) is 0 Å². The van der Waals surface area contributed by atoms with E-state index in [1.54, 1.807) is 0 Å². The van der Waals surface area contributed by atoms with Gasteiger partial charge in [-0.2, -0.15) is 0 Å². The lowest BCUT2D eigenvalue weighted by molar-refractivity contribution is 0.318. The zero-order chi connectivity index (χ0) is 9.68. The third-order valence-corrected chi connectivity index (χ3v) is 1.32. The molecule has 1 rings (SSSR count). The van der Waals surface area contributed by atoms with Gasteiger partial charge in [-0.05, 0) is 22.8 Å². The molecule has 0 aliphatic rings. The smallest absolute Gasteiger partial charge is 0.173 e. The molecule has 66 valence electrons. The second kappa shape index (κ2) is 4.08. The van der Waals surface area contributed by atoms with Crippen LogP contribution in [0.2, 0.25) is 0 Å². The minimum Gasteiger partial charge on any atom is -0.410 e. The van der Waals surface area contributed by atoms with Crippen molar-refractivity contribution < 1.29 is 9.60 Å². The molecule has 0 unspecified atom stereocenters. The van der Waals surface area contributed by atoms with Gasteiger partial charge in [-0.3, -0.25) is 0 Å². The molecule has 0 saturated carbocycles. The number of nitrogens with zero attached hydrogens (tertiary/aromatic N) is 4. The predicted octanol–water partition coefficient (Wildman–Crippen LogP) is 2.27. The van der Waals surface area contributed by atoms with Crippen LogP contribution < -0.4 is 0 Å². The lowest BCUT2D eigenvalue weighted by Crippen LogP contribution is -1.95. The first-order valence-corrected chi connectivity index (χ1v) is 3.31. The van der Waals surface area contributed by atoms with Crippen LogP contribution >= 0.6 is 0 Å². The van der Waals surface area contributed by atoms with Crippen LogP contribution in [0.15, 0.2) is 34.5 Å². The molecule has 1 aromatic rings. The van der Waals surface area contributed by atoms with Gasteiger partial charge in [0.05, 0.1) is 0 Å². The van der Waals surface area contributed by atoms with Crippen molar-refractivity contribution in [3.05, 3.63) is 46.1 Å². The molecule has 0 spiro atoms. The molecule has 0 saturated heterocycles. The second-order valence-corrected chi connectivity index (χ2v) is 2.12. The summed E-state index contributed by atoms with van der Waals surface area (Å²) in [5, 5.41) is 14.2. The maximum absolute atomic E-state index is 12.6. The molecule has 0 aliphatic carbocycles. The van der Waals surface area contributed by atoms with Crippen LogP contribution in [0.1, 0.15) is 5.56 Å². The molecule has 13 heavy (non-hydrogen) atoms. The number of amidine groups is 1. The van der Waals surface area contributed by atoms with Crippen LogP contribution in [-0.2, 0) is 0 Å². The van der Waals surface area contributed by atoms with Crippen molar-refractivity contribution in [2.24, 2.45) is 10.3 Å². The van der Waals surface area contributed by atoms with Crippen molar-refractivity contribution in [3.8, 4) is 0 Å². The van der Waals surface area contributed by atoms with Gasteiger partial charge in [0.25, 0.3) is 0 Å². The zero-order valence-electron chi connectivity index (χ0n) is 6.42. The maximum atomic E-state index is 12.6. The van der Waals surface area contributed by atoms with E-state index in [1.807, 2.05) is 0 Å². The monoisotopic (exact) mass is 180 g/mol. The molecule has 1 aromatic carbocycles. The molecule has 5 nitrogen and oxygen atoms in total. The Balaban J connectivity index is 3.13. The van der Waals surface area contributed by atoms with Crippen molar-refractivity contribution in [1.29, 1.82) is 0 Å². The van der Waals surface area contributed by atoms with Crippen molar-refractivity contribution >= 4 is 5.84 Å². The van der Waals surface area contributed by atoms with E-state index in [2.05, 4.69) is 15.2 Å². The highest BCUT2D eigenvalue weighted by molar-refractivity contribution is 5.98. The normalized spacial score (nSPS) is 10.7. The fourth-order valence-electron chi connectivity index (χ4n) is 0.805. The Kier molecular flexibility index (Phi) is 2.83. The summed E-state index contributed by atoms with van der Waals surface area (Å²) < 4.78 is 12.6. The second-order valence-electron chi connectivity index (χ2n) is 2.12.